The van der Waals surface area contributed by atoms with Crippen molar-refractivity contribution in [1.29, 1.82) is 5.26 Å². The van der Waals surface area contributed by atoms with Crippen LogP contribution in [0.15, 0.2) is 42.1 Å². The molecule has 25 heavy (non-hydrogen) atoms. The van der Waals surface area contributed by atoms with Gasteiger partial charge < -0.3 is 15.1 Å². The van der Waals surface area contributed by atoms with E-state index >= 15 is 0 Å². The van der Waals surface area contributed by atoms with Crippen molar-refractivity contribution >= 4 is 5.91 Å². The molecule has 0 spiro atoms. The van der Waals surface area contributed by atoms with Gasteiger partial charge in [-0.25, -0.2) is 0 Å². The van der Waals surface area contributed by atoms with Crippen LogP contribution in [0.2, 0.25) is 0 Å². The van der Waals surface area contributed by atoms with Crippen LogP contribution in [0.25, 0.3) is 0 Å². The summed E-state index contributed by atoms with van der Waals surface area (Å²) in [4.78, 5) is 18.9. The van der Waals surface area contributed by atoms with Gasteiger partial charge in [0.05, 0.1) is 0 Å². The Kier molecular flexibility index (Phi) is 6.04. The van der Waals surface area contributed by atoms with Crippen LogP contribution in [0.5, 0.6) is 0 Å². The highest BCUT2D eigenvalue weighted by molar-refractivity contribution is 5.97. The normalized spacial score (nSPS) is 19.6. The van der Waals surface area contributed by atoms with Crippen molar-refractivity contribution < 1.29 is 4.79 Å². The number of hydrogen-bond donors (Lipinski definition) is 1. The SMILES string of the molecule is N#C/C(=C/N1CCNCC1)C(=O)N1CCN(Cc2ccccc2)CC1. The molecule has 0 saturated carbocycles. The van der Waals surface area contributed by atoms with Gasteiger partial charge in [-0.2, -0.15) is 5.26 Å². The number of hydrogen-bond acceptors (Lipinski definition) is 5. The second kappa shape index (κ2) is 8.65. The van der Waals surface area contributed by atoms with E-state index in [0.717, 1.165) is 45.8 Å². The minimum absolute atomic E-state index is 0.139. The van der Waals surface area contributed by atoms with Gasteiger partial charge in [0, 0.05) is 65.1 Å². The predicted molar refractivity (Wildman–Crippen MR) is 96.4 cm³/mol. The second-order valence-corrected chi connectivity index (χ2v) is 6.49. The lowest BCUT2D eigenvalue weighted by atomic mass is 10.2. The molecule has 0 atom stereocenters. The van der Waals surface area contributed by atoms with E-state index in [-0.39, 0.29) is 11.5 Å². The summed E-state index contributed by atoms with van der Waals surface area (Å²) in [5, 5.41) is 12.7. The van der Waals surface area contributed by atoms with E-state index in [0.29, 0.717) is 13.1 Å². The maximum Gasteiger partial charge on any atom is 0.266 e. The van der Waals surface area contributed by atoms with Crippen molar-refractivity contribution in [2.75, 3.05) is 52.4 Å². The highest BCUT2D eigenvalue weighted by atomic mass is 16.2. The zero-order chi connectivity index (χ0) is 17.5. The van der Waals surface area contributed by atoms with Gasteiger partial charge in [0.2, 0.25) is 0 Å². The lowest BCUT2D eigenvalue weighted by Crippen LogP contribution is -2.49. The molecule has 0 bridgehead atoms. The highest BCUT2D eigenvalue weighted by Crippen LogP contribution is 2.11. The molecule has 0 aliphatic carbocycles. The van der Waals surface area contributed by atoms with Crippen molar-refractivity contribution in [3.8, 4) is 6.07 Å². The molecule has 0 unspecified atom stereocenters. The smallest absolute Gasteiger partial charge is 0.266 e. The molecule has 3 rings (SSSR count). The van der Waals surface area contributed by atoms with E-state index in [9.17, 15) is 10.1 Å². The Labute approximate surface area is 149 Å². The molecule has 0 radical (unpaired) electrons. The highest BCUT2D eigenvalue weighted by Gasteiger charge is 2.24. The van der Waals surface area contributed by atoms with E-state index < -0.39 is 0 Å². The molecule has 6 heteroatoms. The number of rotatable bonds is 4. The molecule has 1 N–H and O–H groups in total. The molecule has 1 aromatic carbocycles. The molecule has 0 aromatic heterocycles. The molecule has 2 saturated heterocycles. The summed E-state index contributed by atoms with van der Waals surface area (Å²) in [6, 6.07) is 12.5. The summed E-state index contributed by atoms with van der Waals surface area (Å²) in [6.07, 6.45) is 1.74. The van der Waals surface area contributed by atoms with Gasteiger partial charge in [-0.3, -0.25) is 9.69 Å². The first-order chi connectivity index (χ1) is 12.3. The zero-order valence-corrected chi connectivity index (χ0v) is 14.5. The van der Waals surface area contributed by atoms with Crippen molar-refractivity contribution in [1.82, 2.24) is 20.0 Å². The Morgan fingerprint density at radius 2 is 1.76 bits per heavy atom. The molecule has 2 fully saturated rings. The average molecular weight is 339 g/mol. The molecule has 2 aliphatic heterocycles. The Morgan fingerprint density at radius 3 is 2.40 bits per heavy atom. The van der Waals surface area contributed by atoms with Gasteiger partial charge in [-0.05, 0) is 5.56 Å². The molecular formula is C19H25N5O. The molecule has 1 aromatic rings. The number of nitriles is 1. The van der Waals surface area contributed by atoms with E-state index in [1.54, 1.807) is 11.1 Å². The number of carbonyl (C=O) groups is 1. The first-order valence-corrected chi connectivity index (χ1v) is 8.88. The van der Waals surface area contributed by atoms with Crippen LogP contribution in [0.4, 0.5) is 0 Å². The molecule has 2 aliphatic rings. The summed E-state index contributed by atoms with van der Waals surface area (Å²) in [6.45, 7) is 7.39. The Balaban J connectivity index is 1.53. The maximum atomic E-state index is 12.6. The number of nitrogens with zero attached hydrogens (tertiary/aromatic N) is 4. The van der Waals surface area contributed by atoms with Gasteiger partial charge in [-0.15, -0.1) is 0 Å². The largest absolute Gasteiger partial charge is 0.374 e. The number of carbonyl (C=O) groups excluding carboxylic acids is 1. The summed E-state index contributed by atoms with van der Waals surface area (Å²) < 4.78 is 0. The standard InChI is InChI=1S/C19H25N5O/c20-14-18(16-22-8-6-21-7-9-22)19(25)24-12-10-23(11-13-24)15-17-4-2-1-3-5-17/h1-5,16,21H,6-13,15H2/b18-16-. The lowest BCUT2D eigenvalue weighted by molar-refractivity contribution is -0.128. The van der Waals surface area contributed by atoms with Gasteiger partial charge in [0.15, 0.2) is 0 Å². The molecule has 1 amide bonds. The van der Waals surface area contributed by atoms with Crippen molar-refractivity contribution in [2.45, 2.75) is 6.54 Å². The van der Waals surface area contributed by atoms with Crippen LogP contribution in [0.3, 0.4) is 0 Å². The van der Waals surface area contributed by atoms with Crippen LogP contribution >= 0.6 is 0 Å². The quantitative estimate of drug-likeness (QED) is 0.644. The van der Waals surface area contributed by atoms with E-state index in [2.05, 4.69) is 45.5 Å². The molecular weight excluding hydrogens is 314 g/mol. The molecule has 2 heterocycles. The summed E-state index contributed by atoms with van der Waals surface area (Å²) in [5.41, 5.74) is 1.54. The van der Waals surface area contributed by atoms with Crippen molar-refractivity contribution in [3.05, 3.63) is 47.7 Å². The van der Waals surface area contributed by atoms with Gasteiger partial charge in [0.25, 0.3) is 5.91 Å². The fourth-order valence-corrected chi connectivity index (χ4v) is 3.25. The predicted octanol–water partition coefficient (Wildman–Crippen LogP) is 0.643. The third kappa shape index (κ3) is 4.81. The van der Waals surface area contributed by atoms with Crippen molar-refractivity contribution in [3.63, 3.8) is 0 Å². The Hall–Kier alpha value is -2.36. The lowest BCUT2D eigenvalue weighted by Gasteiger charge is -2.35. The summed E-state index contributed by atoms with van der Waals surface area (Å²) in [7, 11) is 0. The van der Waals surface area contributed by atoms with Gasteiger partial charge >= 0.3 is 0 Å². The monoisotopic (exact) mass is 339 g/mol. The average Bonchev–Trinajstić information content (AvgIpc) is 2.68. The topological polar surface area (TPSA) is 62.6 Å². The van der Waals surface area contributed by atoms with E-state index in [1.807, 2.05) is 6.07 Å². The third-order valence-corrected chi connectivity index (χ3v) is 4.72. The van der Waals surface area contributed by atoms with Gasteiger partial charge in [0.1, 0.15) is 11.6 Å². The van der Waals surface area contributed by atoms with Crippen LogP contribution in [-0.2, 0) is 11.3 Å². The Bertz CT molecular complexity index is 638. The van der Waals surface area contributed by atoms with Crippen LogP contribution in [0, 0.1) is 11.3 Å². The minimum Gasteiger partial charge on any atom is -0.374 e. The number of piperazine rings is 2. The fourth-order valence-electron chi connectivity index (χ4n) is 3.25. The molecule has 132 valence electrons. The summed E-state index contributed by atoms with van der Waals surface area (Å²) in [5.74, 6) is -0.139. The third-order valence-electron chi connectivity index (χ3n) is 4.72. The fraction of sp³-hybridized carbons (Fsp3) is 0.474. The summed E-state index contributed by atoms with van der Waals surface area (Å²) >= 11 is 0. The van der Waals surface area contributed by atoms with E-state index in [1.165, 1.54) is 5.56 Å². The number of amides is 1. The van der Waals surface area contributed by atoms with Crippen molar-refractivity contribution in [2.24, 2.45) is 0 Å². The van der Waals surface area contributed by atoms with Crippen LogP contribution in [-0.4, -0.2) is 73.0 Å². The first kappa shape index (κ1) is 17.5. The number of nitrogens with one attached hydrogen (secondary N) is 1. The van der Waals surface area contributed by atoms with Crippen LogP contribution < -0.4 is 5.32 Å². The minimum atomic E-state index is -0.139. The Morgan fingerprint density at radius 1 is 1.08 bits per heavy atom. The van der Waals surface area contributed by atoms with E-state index in [4.69, 9.17) is 0 Å². The number of benzene rings is 1. The van der Waals surface area contributed by atoms with Crippen LogP contribution in [0.1, 0.15) is 5.56 Å². The molecule has 6 nitrogen and oxygen atoms in total. The maximum absolute atomic E-state index is 12.6. The van der Waals surface area contributed by atoms with Gasteiger partial charge in [-0.1, -0.05) is 30.3 Å². The first-order valence-electron chi connectivity index (χ1n) is 8.88. The zero-order valence-electron chi connectivity index (χ0n) is 14.5. The second-order valence-electron chi connectivity index (χ2n) is 6.49.